The third kappa shape index (κ3) is 5.47. The van der Waals surface area contributed by atoms with E-state index < -0.39 is 17.8 Å². The highest BCUT2D eigenvalue weighted by atomic mass is 79.9. The fourth-order valence-corrected chi connectivity index (χ4v) is 4.59. The summed E-state index contributed by atoms with van der Waals surface area (Å²) in [4.78, 5) is 51.7. The summed E-state index contributed by atoms with van der Waals surface area (Å²) in [7, 11) is 1.41. The van der Waals surface area contributed by atoms with Crippen molar-refractivity contribution in [3.8, 4) is 23.0 Å². The second-order valence-corrected chi connectivity index (χ2v) is 9.59. The summed E-state index contributed by atoms with van der Waals surface area (Å²) in [5.74, 6) is -0.700. The zero-order chi connectivity index (χ0) is 28.4. The first-order chi connectivity index (χ1) is 19.2. The van der Waals surface area contributed by atoms with Crippen LogP contribution < -0.4 is 34.5 Å². The molecule has 2 aliphatic heterocycles. The normalized spacial score (nSPS) is 15.2. The van der Waals surface area contributed by atoms with Gasteiger partial charge in [0, 0.05) is 11.8 Å². The van der Waals surface area contributed by atoms with E-state index in [1.54, 1.807) is 24.3 Å². The number of nitrogens with one attached hydrogen (secondary N) is 2. The number of carbonyl (C=O) groups is 4. The van der Waals surface area contributed by atoms with Gasteiger partial charge in [-0.25, -0.2) is 9.69 Å². The summed E-state index contributed by atoms with van der Waals surface area (Å²) in [6.45, 7) is 1.68. The lowest BCUT2D eigenvalue weighted by Gasteiger charge is -2.26. The molecule has 12 heteroatoms. The van der Waals surface area contributed by atoms with Crippen molar-refractivity contribution in [1.29, 1.82) is 0 Å². The molecule has 0 aliphatic carbocycles. The molecule has 3 aromatic carbocycles. The maximum atomic E-state index is 13.3. The van der Waals surface area contributed by atoms with Gasteiger partial charge in [0.1, 0.15) is 5.57 Å². The Balaban J connectivity index is 1.36. The van der Waals surface area contributed by atoms with E-state index in [9.17, 15) is 19.2 Å². The first-order valence-corrected chi connectivity index (χ1v) is 12.7. The fraction of sp³-hybridized carbons (Fsp3) is 0.143. The number of methoxy groups -OCH3 is 1. The highest BCUT2D eigenvalue weighted by molar-refractivity contribution is 9.10. The number of hydrogen-bond donors (Lipinski definition) is 2. The van der Waals surface area contributed by atoms with Crippen molar-refractivity contribution in [2.45, 2.75) is 6.92 Å². The van der Waals surface area contributed by atoms with Crippen molar-refractivity contribution >= 4 is 57.1 Å². The average molecular weight is 608 g/mol. The van der Waals surface area contributed by atoms with Crippen molar-refractivity contribution in [3.63, 3.8) is 0 Å². The van der Waals surface area contributed by atoms with Crippen molar-refractivity contribution in [3.05, 3.63) is 75.8 Å². The monoisotopic (exact) mass is 607 g/mol. The molecule has 5 rings (SSSR count). The van der Waals surface area contributed by atoms with Gasteiger partial charge < -0.3 is 24.3 Å². The molecule has 11 nitrogen and oxygen atoms in total. The van der Waals surface area contributed by atoms with Crippen LogP contribution in [-0.2, 0) is 14.4 Å². The molecule has 2 heterocycles. The molecule has 0 spiro atoms. The molecule has 0 aromatic heterocycles. The van der Waals surface area contributed by atoms with E-state index in [0.29, 0.717) is 27.2 Å². The predicted octanol–water partition coefficient (Wildman–Crippen LogP) is 4.18. The average Bonchev–Trinajstić information content (AvgIpc) is 3.39. The smallest absolute Gasteiger partial charge is 0.335 e. The van der Waals surface area contributed by atoms with Gasteiger partial charge in [0.2, 0.25) is 6.79 Å². The Morgan fingerprint density at radius 3 is 2.58 bits per heavy atom. The van der Waals surface area contributed by atoms with Gasteiger partial charge in [-0.1, -0.05) is 17.7 Å². The van der Waals surface area contributed by atoms with Crippen LogP contribution in [0.25, 0.3) is 6.08 Å². The SMILES string of the molecule is COc1cc(/C=C2\C(=O)NC(=O)N(c3ccc4c(c3)OCO4)C2=O)cc(Br)c1OCC(=O)Nc1ccc(C)cc1. The summed E-state index contributed by atoms with van der Waals surface area (Å²) < 4.78 is 22.2. The quantitative estimate of drug-likeness (QED) is 0.302. The van der Waals surface area contributed by atoms with E-state index >= 15 is 0 Å². The Hall–Kier alpha value is -4.84. The Bertz CT molecular complexity index is 1570. The lowest BCUT2D eigenvalue weighted by Crippen LogP contribution is -2.54. The maximum Gasteiger partial charge on any atom is 0.335 e. The third-order valence-corrected chi connectivity index (χ3v) is 6.55. The number of barbiturate groups is 1. The molecular weight excluding hydrogens is 586 g/mol. The van der Waals surface area contributed by atoms with Gasteiger partial charge in [0.25, 0.3) is 17.7 Å². The number of benzene rings is 3. The minimum Gasteiger partial charge on any atom is -0.493 e. The Labute approximate surface area is 236 Å². The minimum absolute atomic E-state index is 0.0242. The van der Waals surface area contributed by atoms with Crippen LogP contribution >= 0.6 is 15.9 Å². The Kier molecular flexibility index (Phi) is 7.43. The second-order valence-electron chi connectivity index (χ2n) is 8.73. The number of rotatable bonds is 7. The number of hydrogen-bond acceptors (Lipinski definition) is 8. The standard InChI is InChI=1S/C28H22BrN3O8/c1-15-3-5-17(6-4-15)30-24(33)13-38-25-20(29)10-16(11-23(25)37-2)9-19-26(34)31-28(36)32(27(19)35)18-7-8-21-22(12-18)40-14-39-21/h3-12H,13-14H2,1-2H3,(H,30,33)(H,31,34,36)/b19-9+. The highest BCUT2D eigenvalue weighted by Gasteiger charge is 2.37. The van der Waals surface area contributed by atoms with Gasteiger partial charge in [-0.2, -0.15) is 0 Å². The van der Waals surface area contributed by atoms with Gasteiger partial charge in [-0.3, -0.25) is 19.7 Å². The minimum atomic E-state index is -0.891. The molecule has 0 saturated carbocycles. The first-order valence-electron chi connectivity index (χ1n) is 11.9. The molecule has 0 atom stereocenters. The Morgan fingerprint density at radius 1 is 1.07 bits per heavy atom. The number of nitrogens with zero attached hydrogens (tertiary/aromatic N) is 1. The summed E-state index contributed by atoms with van der Waals surface area (Å²) >= 11 is 3.40. The third-order valence-electron chi connectivity index (χ3n) is 5.96. The van der Waals surface area contributed by atoms with Crippen LogP contribution in [0.5, 0.6) is 23.0 Å². The van der Waals surface area contributed by atoms with E-state index in [4.69, 9.17) is 18.9 Å². The van der Waals surface area contributed by atoms with Crippen LogP contribution in [0.2, 0.25) is 0 Å². The number of halogens is 1. The number of carbonyl (C=O) groups excluding carboxylic acids is 4. The largest absolute Gasteiger partial charge is 0.493 e. The number of anilines is 2. The molecule has 0 bridgehead atoms. The molecule has 2 N–H and O–H groups in total. The van der Waals surface area contributed by atoms with Gasteiger partial charge in [-0.15, -0.1) is 0 Å². The molecule has 3 aromatic rings. The van der Waals surface area contributed by atoms with Crippen LogP contribution in [-0.4, -0.2) is 44.3 Å². The summed E-state index contributed by atoms with van der Waals surface area (Å²) in [6, 6.07) is 14.1. The van der Waals surface area contributed by atoms with Gasteiger partial charge >= 0.3 is 6.03 Å². The van der Waals surface area contributed by atoms with Crippen LogP contribution in [0.3, 0.4) is 0 Å². The predicted molar refractivity (Wildman–Crippen MR) is 148 cm³/mol. The number of amides is 5. The van der Waals surface area contributed by atoms with E-state index in [1.807, 2.05) is 19.1 Å². The fourth-order valence-electron chi connectivity index (χ4n) is 4.02. The van der Waals surface area contributed by atoms with Gasteiger partial charge in [-0.05, 0) is 70.9 Å². The van der Waals surface area contributed by atoms with Crippen molar-refractivity contribution in [2.24, 2.45) is 0 Å². The number of aryl methyl sites for hydroxylation is 1. The lowest BCUT2D eigenvalue weighted by atomic mass is 10.1. The second kappa shape index (κ2) is 11.1. The lowest BCUT2D eigenvalue weighted by molar-refractivity contribution is -0.122. The van der Waals surface area contributed by atoms with E-state index in [-0.39, 0.29) is 42.1 Å². The van der Waals surface area contributed by atoms with Gasteiger partial charge in [0.05, 0.1) is 17.3 Å². The van der Waals surface area contributed by atoms with Crippen LogP contribution in [0.1, 0.15) is 11.1 Å². The molecule has 1 fully saturated rings. The highest BCUT2D eigenvalue weighted by Crippen LogP contribution is 2.38. The zero-order valence-corrected chi connectivity index (χ0v) is 22.9. The molecule has 0 radical (unpaired) electrons. The molecule has 5 amide bonds. The van der Waals surface area contributed by atoms with E-state index in [2.05, 4.69) is 26.6 Å². The summed E-state index contributed by atoms with van der Waals surface area (Å²) in [5, 5.41) is 4.93. The maximum absolute atomic E-state index is 13.3. The Morgan fingerprint density at radius 2 is 1.82 bits per heavy atom. The van der Waals surface area contributed by atoms with Crippen molar-refractivity contribution in [1.82, 2.24) is 5.32 Å². The molecule has 204 valence electrons. The zero-order valence-electron chi connectivity index (χ0n) is 21.3. The van der Waals surface area contributed by atoms with Crippen molar-refractivity contribution < 1.29 is 38.1 Å². The summed E-state index contributed by atoms with van der Waals surface area (Å²) in [5.41, 5.74) is 2.03. The van der Waals surface area contributed by atoms with Crippen LogP contribution in [0.4, 0.5) is 16.2 Å². The number of ether oxygens (including phenoxy) is 4. The number of imide groups is 2. The summed E-state index contributed by atoms with van der Waals surface area (Å²) in [6.07, 6.45) is 1.32. The molecule has 40 heavy (non-hydrogen) atoms. The van der Waals surface area contributed by atoms with E-state index in [0.717, 1.165) is 10.5 Å². The number of fused-ring (bicyclic) bond motifs is 1. The molecule has 1 saturated heterocycles. The first kappa shape index (κ1) is 26.8. The molecule has 0 unspecified atom stereocenters. The topological polar surface area (TPSA) is 133 Å². The van der Waals surface area contributed by atoms with E-state index in [1.165, 1.54) is 31.4 Å². The van der Waals surface area contributed by atoms with Crippen LogP contribution in [0, 0.1) is 6.92 Å². The number of urea groups is 1. The van der Waals surface area contributed by atoms with Crippen molar-refractivity contribution in [2.75, 3.05) is 30.7 Å². The molecule has 2 aliphatic rings. The van der Waals surface area contributed by atoms with Gasteiger partial charge in [0.15, 0.2) is 29.6 Å². The molecular formula is C28H22BrN3O8. The van der Waals surface area contributed by atoms with Crippen LogP contribution in [0.15, 0.2) is 64.6 Å².